The third kappa shape index (κ3) is 3.73. The quantitative estimate of drug-likeness (QED) is 0.442. The summed E-state index contributed by atoms with van der Waals surface area (Å²) in [6.07, 6.45) is 0.989. The molecule has 2 N–H and O–H groups in total. The molecule has 0 spiro atoms. The minimum absolute atomic E-state index is 0.0425. The van der Waals surface area contributed by atoms with E-state index in [1.54, 1.807) is 12.1 Å². The van der Waals surface area contributed by atoms with Crippen molar-refractivity contribution < 1.29 is 14.8 Å². The zero-order valence-corrected chi connectivity index (χ0v) is 10.1. The van der Waals surface area contributed by atoms with Crippen molar-refractivity contribution in [2.75, 3.05) is 5.32 Å². The second-order valence-electron chi connectivity index (χ2n) is 3.94. The van der Waals surface area contributed by atoms with Crippen LogP contribution in [0, 0.1) is 10.1 Å². The second kappa shape index (κ2) is 6.58. The monoisotopic (exact) mass is 252 g/mol. The van der Waals surface area contributed by atoms with Gasteiger partial charge in [-0.2, -0.15) is 0 Å². The maximum atomic E-state index is 11.0. The Kier molecular flexibility index (Phi) is 5.10. The summed E-state index contributed by atoms with van der Waals surface area (Å²) in [4.78, 5) is 21.4. The number of aromatic carboxylic acids is 1. The molecule has 0 aliphatic rings. The van der Waals surface area contributed by atoms with Gasteiger partial charge in [0.05, 0.1) is 11.3 Å². The van der Waals surface area contributed by atoms with Gasteiger partial charge in [0, 0.05) is 11.3 Å². The standard InChI is InChI=1S/C12H16N2O4/c1-2-3-8-11(14(17)18)13-10-7-5-4-6-9(10)12(15)16/h4-7,11,13H,2-3,8H2,1H3,(H,15,16). The lowest BCUT2D eigenvalue weighted by molar-refractivity contribution is -0.515. The van der Waals surface area contributed by atoms with Gasteiger partial charge in [-0.25, -0.2) is 4.79 Å². The number of nitrogens with one attached hydrogen (secondary N) is 1. The topological polar surface area (TPSA) is 92.5 Å². The van der Waals surface area contributed by atoms with Crippen LogP contribution in [0.25, 0.3) is 0 Å². The van der Waals surface area contributed by atoms with Gasteiger partial charge in [0.25, 0.3) is 6.17 Å². The van der Waals surface area contributed by atoms with Crippen LogP contribution in [0.4, 0.5) is 5.69 Å². The zero-order valence-electron chi connectivity index (χ0n) is 10.1. The number of unbranched alkanes of at least 4 members (excludes halogenated alkanes) is 1. The third-order valence-electron chi connectivity index (χ3n) is 2.57. The smallest absolute Gasteiger partial charge is 0.337 e. The molecule has 1 aromatic carbocycles. The Morgan fingerprint density at radius 3 is 2.72 bits per heavy atom. The largest absolute Gasteiger partial charge is 0.478 e. The van der Waals surface area contributed by atoms with Crippen molar-refractivity contribution >= 4 is 11.7 Å². The van der Waals surface area contributed by atoms with E-state index in [2.05, 4.69) is 5.32 Å². The summed E-state index contributed by atoms with van der Waals surface area (Å²) in [6.45, 7) is 1.95. The van der Waals surface area contributed by atoms with E-state index in [1.165, 1.54) is 12.1 Å². The van der Waals surface area contributed by atoms with Crippen molar-refractivity contribution in [1.82, 2.24) is 0 Å². The van der Waals surface area contributed by atoms with Gasteiger partial charge < -0.3 is 10.4 Å². The summed E-state index contributed by atoms with van der Waals surface area (Å²) in [6, 6.07) is 6.18. The predicted octanol–water partition coefficient (Wildman–Crippen LogP) is 2.59. The van der Waals surface area contributed by atoms with E-state index >= 15 is 0 Å². The molecule has 0 aliphatic carbocycles. The van der Waals surface area contributed by atoms with Crippen molar-refractivity contribution in [2.24, 2.45) is 0 Å². The van der Waals surface area contributed by atoms with Gasteiger partial charge in [-0.1, -0.05) is 25.5 Å². The number of hydrogen-bond donors (Lipinski definition) is 2. The van der Waals surface area contributed by atoms with Gasteiger partial charge in [0.1, 0.15) is 0 Å². The number of carboxylic acids is 1. The first-order valence-electron chi connectivity index (χ1n) is 5.78. The van der Waals surface area contributed by atoms with Crippen molar-refractivity contribution in [3.8, 4) is 0 Å². The van der Waals surface area contributed by atoms with Crippen molar-refractivity contribution in [2.45, 2.75) is 32.4 Å². The molecule has 0 heterocycles. The van der Waals surface area contributed by atoms with Crippen LogP contribution in [-0.4, -0.2) is 22.2 Å². The molecule has 1 atom stereocenters. The Morgan fingerprint density at radius 2 is 2.17 bits per heavy atom. The van der Waals surface area contributed by atoms with Gasteiger partial charge in [-0.3, -0.25) is 10.1 Å². The van der Waals surface area contributed by atoms with Crippen LogP contribution in [0.15, 0.2) is 24.3 Å². The van der Waals surface area contributed by atoms with E-state index < -0.39 is 17.1 Å². The average Bonchev–Trinajstić information content (AvgIpc) is 2.34. The average molecular weight is 252 g/mol. The number of hydrogen-bond acceptors (Lipinski definition) is 4. The Labute approximate surface area is 105 Å². The van der Waals surface area contributed by atoms with Gasteiger partial charge in [-0.05, 0) is 18.6 Å². The molecule has 0 aromatic heterocycles. The van der Waals surface area contributed by atoms with Crippen LogP contribution in [0.2, 0.25) is 0 Å². The molecule has 1 aromatic rings. The minimum Gasteiger partial charge on any atom is -0.478 e. The second-order valence-corrected chi connectivity index (χ2v) is 3.94. The molecule has 6 heteroatoms. The molecule has 0 saturated carbocycles. The van der Waals surface area contributed by atoms with Crippen LogP contribution >= 0.6 is 0 Å². The lowest BCUT2D eigenvalue weighted by Gasteiger charge is -2.13. The molecule has 0 radical (unpaired) electrons. The fourth-order valence-corrected chi connectivity index (χ4v) is 1.60. The molecular formula is C12H16N2O4. The maximum absolute atomic E-state index is 11.0. The lowest BCUT2D eigenvalue weighted by atomic mass is 10.1. The number of benzene rings is 1. The molecule has 0 fully saturated rings. The van der Waals surface area contributed by atoms with Crippen molar-refractivity contribution in [3.63, 3.8) is 0 Å². The number of anilines is 1. The van der Waals surface area contributed by atoms with E-state index in [-0.39, 0.29) is 11.3 Å². The van der Waals surface area contributed by atoms with E-state index in [0.29, 0.717) is 12.8 Å². The maximum Gasteiger partial charge on any atom is 0.337 e. The lowest BCUT2D eigenvalue weighted by Crippen LogP contribution is -2.29. The Balaban J connectivity index is 2.86. The molecule has 0 aliphatic heterocycles. The first kappa shape index (κ1) is 14.0. The van der Waals surface area contributed by atoms with Crippen LogP contribution in [0.3, 0.4) is 0 Å². The summed E-state index contributed by atoms with van der Waals surface area (Å²) in [5.41, 5.74) is 0.323. The Bertz CT molecular complexity index is 434. The number of para-hydroxylation sites is 1. The molecule has 1 rings (SSSR count). The molecule has 6 nitrogen and oxygen atoms in total. The molecule has 98 valence electrons. The van der Waals surface area contributed by atoms with Gasteiger partial charge >= 0.3 is 5.97 Å². The summed E-state index contributed by atoms with van der Waals surface area (Å²) >= 11 is 0. The normalized spacial score (nSPS) is 11.8. The highest BCUT2D eigenvalue weighted by molar-refractivity contribution is 5.94. The Hall–Kier alpha value is -2.11. The first-order valence-corrected chi connectivity index (χ1v) is 5.78. The number of rotatable bonds is 7. The Morgan fingerprint density at radius 1 is 1.50 bits per heavy atom. The first-order chi connectivity index (χ1) is 8.56. The number of carbonyl (C=O) groups is 1. The van der Waals surface area contributed by atoms with Crippen LogP contribution in [-0.2, 0) is 0 Å². The van der Waals surface area contributed by atoms with Gasteiger partial charge in [0.2, 0.25) is 0 Å². The summed E-state index contributed by atoms with van der Waals surface area (Å²) in [5.74, 6) is -1.10. The minimum atomic E-state index is -1.10. The SMILES string of the molecule is CCCCC(Nc1ccccc1C(=O)O)[N+](=O)[O-]. The summed E-state index contributed by atoms with van der Waals surface area (Å²) < 4.78 is 0. The van der Waals surface area contributed by atoms with Crippen LogP contribution < -0.4 is 5.32 Å². The molecule has 18 heavy (non-hydrogen) atoms. The van der Waals surface area contributed by atoms with E-state index in [1.807, 2.05) is 6.92 Å². The fourth-order valence-electron chi connectivity index (χ4n) is 1.60. The third-order valence-corrected chi connectivity index (χ3v) is 2.57. The number of nitro groups is 1. The highest BCUT2D eigenvalue weighted by Crippen LogP contribution is 2.17. The van der Waals surface area contributed by atoms with E-state index in [4.69, 9.17) is 5.11 Å². The summed E-state index contributed by atoms with van der Waals surface area (Å²) in [7, 11) is 0. The molecular weight excluding hydrogens is 236 g/mol. The molecule has 0 saturated heterocycles. The van der Waals surface area contributed by atoms with Crippen LogP contribution in [0.5, 0.6) is 0 Å². The highest BCUT2D eigenvalue weighted by atomic mass is 16.6. The van der Waals surface area contributed by atoms with Crippen LogP contribution in [0.1, 0.15) is 36.5 Å². The van der Waals surface area contributed by atoms with E-state index in [0.717, 1.165) is 6.42 Å². The number of nitrogens with zero attached hydrogens (tertiary/aromatic N) is 1. The molecule has 1 unspecified atom stereocenters. The zero-order chi connectivity index (χ0) is 13.5. The summed E-state index contributed by atoms with van der Waals surface area (Å²) in [5, 5.41) is 22.6. The van der Waals surface area contributed by atoms with Gasteiger partial charge in [0.15, 0.2) is 0 Å². The van der Waals surface area contributed by atoms with E-state index in [9.17, 15) is 14.9 Å². The van der Waals surface area contributed by atoms with Gasteiger partial charge in [-0.15, -0.1) is 0 Å². The van der Waals surface area contributed by atoms with Crippen molar-refractivity contribution in [1.29, 1.82) is 0 Å². The highest BCUT2D eigenvalue weighted by Gasteiger charge is 2.21. The fraction of sp³-hybridized carbons (Fsp3) is 0.417. The van der Waals surface area contributed by atoms with Crippen molar-refractivity contribution in [3.05, 3.63) is 39.9 Å². The number of carboxylic acid groups (broad SMARTS) is 1. The molecule has 0 amide bonds. The molecule has 0 bridgehead atoms. The predicted molar refractivity (Wildman–Crippen MR) is 67.3 cm³/mol.